The van der Waals surface area contributed by atoms with Gasteiger partial charge in [-0.15, -0.1) is 0 Å². The highest BCUT2D eigenvalue weighted by Gasteiger charge is 2.35. The molecule has 1 N–H and O–H groups in total. The van der Waals surface area contributed by atoms with E-state index >= 15 is 0 Å². The normalized spacial score (nSPS) is 14.9. The van der Waals surface area contributed by atoms with Crippen LogP contribution in [0.25, 0.3) is 0 Å². The Morgan fingerprint density at radius 2 is 1.54 bits per heavy atom. The molecule has 1 aliphatic heterocycles. The quantitative estimate of drug-likeness (QED) is 0.206. The van der Waals surface area contributed by atoms with E-state index in [-0.39, 0.29) is 5.91 Å². The van der Waals surface area contributed by atoms with E-state index in [0.717, 1.165) is 53.5 Å². The molecule has 5 rings (SSSR count). The first kappa shape index (κ1) is 24.5. The minimum atomic E-state index is -0.456. The SMILES string of the molecule is CN(CCCOc1ccc(N=C(c2ccccc2)C2C(=O)Nc3ccccc32)cc1)Cc1ccccc1. The van der Waals surface area contributed by atoms with Crippen LogP contribution in [0.15, 0.2) is 114 Å². The van der Waals surface area contributed by atoms with Gasteiger partial charge >= 0.3 is 0 Å². The van der Waals surface area contributed by atoms with Crippen molar-refractivity contribution < 1.29 is 9.53 Å². The minimum Gasteiger partial charge on any atom is -0.494 e. The van der Waals surface area contributed by atoms with Crippen molar-refractivity contribution in [2.75, 3.05) is 25.5 Å². The maximum atomic E-state index is 13.0. The maximum absolute atomic E-state index is 13.0. The number of hydrogen-bond acceptors (Lipinski definition) is 4. The summed E-state index contributed by atoms with van der Waals surface area (Å²) in [6.07, 6.45) is 0.942. The highest BCUT2D eigenvalue weighted by Crippen LogP contribution is 2.36. The smallest absolute Gasteiger partial charge is 0.238 e. The van der Waals surface area contributed by atoms with E-state index in [4.69, 9.17) is 9.73 Å². The molecule has 1 aliphatic rings. The highest BCUT2D eigenvalue weighted by molar-refractivity contribution is 6.24. The molecule has 1 amide bonds. The first-order chi connectivity index (χ1) is 18.2. The Morgan fingerprint density at radius 3 is 2.30 bits per heavy atom. The molecule has 0 aliphatic carbocycles. The summed E-state index contributed by atoms with van der Waals surface area (Å²) in [7, 11) is 2.13. The molecule has 0 aromatic heterocycles. The predicted octanol–water partition coefficient (Wildman–Crippen LogP) is 6.44. The summed E-state index contributed by atoms with van der Waals surface area (Å²) in [5.74, 6) is 0.304. The summed E-state index contributed by atoms with van der Waals surface area (Å²) in [5.41, 5.74) is 5.56. The lowest BCUT2D eigenvalue weighted by Crippen LogP contribution is -2.21. The number of para-hydroxylation sites is 1. The standard InChI is InChI=1S/C32H31N3O2/c1-35(23-24-11-4-2-5-12-24)21-10-22-37-27-19-17-26(18-20-27)33-31(25-13-6-3-7-14-25)30-28-15-8-9-16-29(28)34-32(30)36/h2-9,11-20,30H,10,21-23H2,1H3,(H,34,36). The Labute approximate surface area is 218 Å². The summed E-state index contributed by atoms with van der Waals surface area (Å²) in [5, 5.41) is 3.00. The van der Waals surface area contributed by atoms with E-state index < -0.39 is 5.92 Å². The number of rotatable bonds is 10. The number of benzene rings is 4. The van der Waals surface area contributed by atoms with Gasteiger partial charge in [0.25, 0.3) is 0 Å². The monoisotopic (exact) mass is 489 g/mol. The van der Waals surface area contributed by atoms with Gasteiger partial charge < -0.3 is 15.0 Å². The second-order valence-corrected chi connectivity index (χ2v) is 9.29. The Hall–Kier alpha value is -4.22. The molecule has 1 atom stereocenters. The molecular formula is C32H31N3O2. The van der Waals surface area contributed by atoms with Crippen molar-refractivity contribution in [2.24, 2.45) is 4.99 Å². The third kappa shape index (κ3) is 6.13. The molecule has 0 radical (unpaired) electrons. The first-order valence-corrected chi connectivity index (χ1v) is 12.7. The van der Waals surface area contributed by atoms with Crippen molar-refractivity contribution >= 4 is 23.0 Å². The maximum Gasteiger partial charge on any atom is 0.238 e. The Bertz CT molecular complexity index is 1350. The zero-order chi connectivity index (χ0) is 25.5. The van der Waals surface area contributed by atoms with Gasteiger partial charge in [0.05, 0.1) is 18.0 Å². The largest absolute Gasteiger partial charge is 0.494 e. The Kier molecular flexibility index (Phi) is 7.72. The van der Waals surface area contributed by atoms with Gasteiger partial charge in [-0.25, -0.2) is 0 Å². The number of nitrogens with one attached hydrogen (secondary N) is 1. The van der Waals surface area contributed by atoms with Crippen LogP contribution in [0.3, 0.4) is 0 Å². The summed E-state index contributed by atoms with van der Waals surface area (Å²) in [6.45, 7) is 2.54. The van der Waals surface area contributed by atoms with Gasteiger partial charge in [-0.3, -0.25) is 9.79 Å². The average molecular weight is 490 g/mol. The number of aliphatic imine (C=N–C) groups is 1. The number of fused-ring (bicyclic) bond motifs is 1. The molecule has 1 heterocycles. The number of hydrogen-bond donors (Lipinski definition) is 1. The summed E-state index contributed by atoms with van der Waals surface area (Å²) in [6, 6.07) is 36.0. The third-order valence-electron chi connectivity index (χ3n) is 6.47. The summed E-state index contributed by atoms with van der Waals surface area (Å²) < 4.78 is 5.98. The molecule has 186 valence electrons. The topological polar surface area (TPSA) is 53.9 Å². The van der Waals surface area contributed by atoms with Crippen molar-refractivity contribution in [3.05, 3.63) is 126 Å². The molecule has 0 fully saturated rings. The van der Waals surface area contributed by atoms with Crippen molar-refractivity contribution in [1.29, 1.82) is 0 Å². The molecule has 0 saturated carbocycles. The van der Waals surface area contributed by atoms with E-state index in [9.17, 15) is 4.79 Å². The van der Waals surface area contributed by atoms with Crippen LogP contribution in [0, 0.1) is 0 Å². The number of amides is 1. The van der Waals surface area contributed by atoms with Gasteiger partial charge in [0.15, 0.2) is 0 Å². The van der Waals surface area contributed by atoms with Crippen molar-refractivity contribution in [1.82, 2.24) is 4.90 Å². The van der Waals surface area contributed by atoms with Crippen LogP contribution >= 0.6 is 0 Å². The minimum absolute atomic E-state index is 0.0546. The number of nitrogens with zero attached hydrogens (tertiary/aromatic N) is 2. The number of carbonyl (C=O) groups excluding carboxylic acids is 1. The molecule has 4 aromatic carbocycles. The van der Waals surface area contributed by atoms with E-state index in [0.29, 0.717) is 6.61 Å². The van der Waals surface area contributed by atoms with E-state index in [2.05, 4.69) is 41.5 Å². The average Bonchev–Trinajstić information content (AvgIpc) is 3.27. The van der Waals surface area contributed by atoms with Gasteiger partial charge in [-0.05, 0) is 60.5 Å². The van der Waals surface area contributed by atoms with Crippen LogP contribution in [-0.4, -0.2) is 36.7 Å². The summed E-state index contributed by atoms with van der Waals surface area (Å²) in [4.78, 5) is 20.2. The fourth-order valence-electron chi connectivity index (χ4n) is 4.64. The number of anilines is 1. The van der Waals surface area contributed by atoms with Crippen molar-refractivity contribution in [3.8, 4) is 5.75 Å². The zero-order valence-electron chi connectivity index (χ0n) is 21.0. The predicted molar refractivity (Wildman–Crippen MR) is 150 cm³/mol. The Morgan fingerprint density at radius 1 is 0.865 bits per heavy atom. The molecule has 5 heteroatoms. The Balaban J connectivity index is 1.24. The fourth-order valence-corrected chi connectivity index (χ4v) is 4.64. The molecule has 5 nitrogen and oxygen atoms in total. The van der Waals surface area contributed by atoms with Crippen LogP contribution < -0.4 is 10.1 Å². The van der Waals surface area contributed by atoms with Crippen LogP contribution in [0.4, 0.5) is 11.4 Å². The van der Waals surface area contributed by atoms with Crippen molar-refractivity contribution in [2.45, 2.75) is 18.9 Å². The van der Waals surface area contributed by atoms with Gasteiger partial charge in [-0.1, -0.05) is 78.9 Å². The van der Waals surface area contributed by atoms with Gasteiger partial charge in [-0.2, -0.15) is 0 Å². The van der Waals surface area contributed by atoms with E-state index in [1.165, 1.54) is 5.56 Å². The van der Waals surface area contributed by atoms with Crippen LogP contribution in [0.5, 0.6) is 5.75 Å². The lowest BCUT2D eigenvalue weighted by atomic mass is 9.90. The molecule has 0 saturated heterocycles. The third-order valence-corrected chi connectivity index (χ3v) is 6.47. The second kappa shape index (κ2) is 11.7. The first-order valence-electron chi connectivity index (χ1n) is 12.7. The number of carbonyl (C=O) groups is 1. The molecular weight excluding hydrogens is 458 g/mol. The molecule has 4 aromatic rings. The van der Waals surface area contributed by atoms with Crippen molar-refractivity contribution in [3.63, 3.8) is 0 Å². The number of ether oxygens (including phenoxy) is 1. The van der Waals surface area contributed by atoms with Gasteiger partial charge in [0.2, 0.25) is 5.91 Å². The lowest BCUT2D eigenvalue weighted by molar-refractivity contribution is -0.115. The van der Waals surface area contributed by atoms with Crippen LogP contribution in [-0.2, 0) is 11.3 Å². The fraction of sp³-hybridized carbons (Fsp3) is 0.188. The summed E-state index contributed by atoms with van der Waals surface area (Å²) >= 11 is 0. The molecule has 0 bridgehead atoms. The lowest BCUT2D eigenvalue weighted by Gasteiger charge is -2.17. The van der Waals surface area contributed by atoms with Crippen LogP contribution in [0.1, 0.15) is 29.0 Å². The second-order valence-electron chi connectivity index (χ2n) is 9.29. The molecule has 1 unspecified atom stereocenters. The molecule has 37 heavy (non-hydrogen) atoms. The van der Waals surface area contributed by atoms with E-state index in [1.807, 2.05) is 84.9 Å². The van der Waals surface area contributed by atoms with Crippen LogP contribution in [0.2, 0.25) is 0 Å². The van der Waals surface area contributed by atoms with Gasteiger partial charge in [0, 0.05) is 18.8 Å². The van der Waals surface area contributed by atoms with Gasteiger partial charge in [0.1, 0.15) is 11.7 Å². The highest BCUT2D eigenvalue weighted by atomic mass is 16.5. The molecule has 0 spiro atoms. The van der Waals surface area contributed by atoms with E-state index in [1.54, 1.807) is 0 Å². The zero-order valence-corrected chi connectivity index (χ0v) is 21.0.